The zero-order chi connectivity index (χ0) is 25.8. The first-order valence-electron chi connectivity index (χ1n) is 11.1. The van der Waals surface area contributed by atoms with E-state index in [2.05, 4.69) is 4.99 Å². The van der Waals surface area contributed by atoms with Crippen LogP contribution in [0.5, 0.6) is 5.75 Å². The summed E-state index contributed by atoms with van der Waals surface area (Å²) in [6.07, 6.45) is 1.72. The Bertz CT molecular complexity index is 1350. The number of thioether (sulfide) groups is 1. The molecule has 184 valence electrons. The highest BCUT2D eigenvalue weighted by molar-refractivity contribution is 8.18. The van der Waals surface area contributed by atoms with Crippen LogP contribution < -0.4 is 4.74 Å². The second kappa shape index (κ2) is 11.2. The van der Waals surface area contributed by atoms with Crippen LogP contribution >= 0.6 is 35.0 Å². The standard InChI is InChI=1S/C27H22Cl2N2O4S/c1-3-31-25(32)23(36-27(31)30-20-10-8-19(9-11-20)26(33)34)14-18-12-21(28)24(22(29)13-18)35-15-17-6-4-16(2)5-7-17/h4-14H,3,15H2,1-2H3,(H,33,34). The largest absolute Gasteiger partial charge is 0.486 e. The van der Waals surface area contributed by atoms with Crippen molar-refractivity contribution < 1.29 is 19.4 Å². The number of amidine groups is 1. The number of likely N-dealkylation sites (N-methyl/N-ethyl adjacent to an activating group) is 1. The number of carbonyl (C=O) groups is 2. The normalized spacial score (nSPS) is 15.7. The minimum atomic E-state index is -1.01. The molecule has 6 nitrogen and oxygen atoms in total. The summed E-state index contributed by atoms with van der Waals surface area (Å²) in [4.78, 5) is 30.6. The summed E-state index contributed by atoms with van der Waals surface area (Å²) >= 11 is 14.2. The van der Waals surface area contributed by atoms with Crippen molar-refractivity contribution in [3.8, 4) is 5.75 Å². The zero-order valence-corrected chi connectivity index (χ0v) is 21.8. The second-order valence-corrected chi connectivity index (χ2v) is 9.82. The van der Waals surface area contributed by atoms with Crippen molar-refractivity contribution in [2.75, 3.05) is 6.54 Å². The number of rotatable bonds is 7. The van der Waals surface area contributed by atoms with Gasteiger partial charge in [-0.15, -0.1) is 0 Å². The first-order chi connectivity index (χ1) is 17.2. The van der Waals surface area contributed by atoms with Crippen LogP contribution in [-0.4, -0.2) is 33.6 Å². The minimum Gasteiger partial charge on any atom is -0.486 e. The number of aryl methyl sites for hydroxylation is 1. The molecular weight excluding hydrogens is 519 g/mol. The molecule has 0 bridgehead atoms. The predicted octanol–water partition coefficient (Wildman–Crippen LogP) is 7.20. The van der Waals surface area contributed by atoms with Crippen molar-refractivity contribution in [2.45, 2.75) is 20.5 Å². The summed E-state index contributed by atoms with van der Waals surface area (Å²) in [5.74, 6) is -0.812. The van der Waals surface area contributed by atoms with E-state index in [-0.39, 0.29) is 11.5 Å². The molecule has 1 aliphatic rings. The number of ether oxygens (including phenoxy) is 1. The smallest absolute Gasteiger partial charge is 0.335 e. The predicted molar refractivity (Wildman–Crippen MR) is 145 cm³/mol. The Morgan fingerprint density at radius 2 is 1.72 bits per heavy atom. The Balaban J connectivity index is 1.54. The Hall–Kier alpha value is -3.26. The third-order valence-electron chi connectivity index (χ3n) is 5.37. The zero-order valence-electron chi connectivity index (χ0n) is 19.5. The number of aromatic carboxylic acids is 1. The Morgan fingerprint density at radius 3 is 2.31 bits per heavy atom. The third-order valence-corrected chi connectivity index (χ3v) is 6.93. The molecule has 3 aromatic rings. The van der Waals surface area contributed by atoms with Crippen LogP contribution in [0.2, 0.25) is 10.0 Å². The third kappa shape index (κ3) is 5.93. The number of hydrogen-bond acceptors (Lipinski definition) is 5. The Kier molecular flexibility index (Phi) is 8.04. The van der Waals surface area contributed by atoms with Crippen LogP contribution in [0.1, 0.15) is 34.0 Å². The quantitative estimate of drug-likeness (QED) is 0.320. The molecule has 1 fully saturated rings. The maximum absolute atomic E-state index is 13.0. The van der Waals surface area contributed by atoms with Gasteiger partial charge in [-0.1, -0.05) is 53.0 Å². The summed E-state index contributed by atoms with van der Waals surface area (Å²) in [5, 5.41) is 10.3. The average Bonchev–Trinajstić information content (AvgIpc) is 3.13. The van der Waals surface area contributed by atoms with Crippen LogP contribution in [-0.2, 0) is 11.4 Å². The molecule has 0 unspecified atom stereocenters. The highest BCUT2D eigenvalue weighted by Gasteiger charge is 2.32. The van der Waals surface area contributed by atoms with E-state index in [4.69, 9.17) is 33.0 Å². The lowest BCUT2D eigenvalue weighted by Gasteiger charge is -2.12. The van der Waals surface area contributed by atoms with Crippen molar-refractivity contribution in [2.24, 2.45) is 4.99 Å². The monoisotopic (exact) mass is 540 g/mol. The van der Waals surface area contributed by atoms with Gasteiger partial charge in [-0.3, -0.25) is 9.69 Å². The highest BCUT2D eigenvalue weighted by Crippen LogP contribution is 2.38. The number of benzene rings is 3. The van der Waals surface area contributed by atoms with Gasteiger partial charge in [0.2, 0.25) is 0 Å². The van der Waals surface area contributed by atoms with Gasteiger partial charge in [-0.05, 0) is 79.2 Å². The first kappa shape index (κ1) is 25.8. The number of carbonyl (C=O) groups excluding carboxylic acids is 1. The number of nitrogens with zero attached hydrogens (tertiary/aromatic N) is 2. The fraction of sp³-hybridized carbons (Fsp3) is 0.148. The van der Waals surface area contributed by atoms with Gasteiger partial charge in [-0.2, -0.15) is 0 Å². The molecule has 0 aromatic heterocycles. The summed E-state index contributed by atoms with van der Waals surface area (Å²) < 4.78 is 5.86. The van der Waals surface area contributed by atoms with Crippen LogP contribution in [0.4, 0.5) is 5.69 Å². The van der Waals surface area contributed by atoms with E-state index in [0.29, 0.717) is 50.3 Å². The van der Waals surface area contributed by atoms with Gasteiger partial charge < -0.3 is 9.84 Å². The summed E-state index contributed by atoms with van der Waals surface area (Å²) in [6.45, 7) is 4.64. The molecule has 0 aliphatic carbocycles. The fourth-order valence-electron chi connectivity index (χ4n) is 3.45. The van der Waals surface area contributed by atoms with E-state index in [1.54, 1.807) is 35.2 Å². The van der Waals surface area contributed by atoms with Crippen LogP contribution in [0.3, 0.4) is 0 Å². The van der Waals surface area contributed by atoms with Gasteiger partial charge in [0.15, 0.2) is 10.9 Å². The van der Waals surface area contributed by atoms with Gasteiger partial charge >= 0.3 is 5.97 Å². The van der Waals surface area contributed by atoms with E-state index in [9.17, 15) is 9.59 Å². The molecule has 0 spiro atoms. The lowest BCUT2D eigenvalue weighted by Crippen LogP contribution is -2.28. The lowest BCUT2D eigenvalue weighted by molar-refractivity contribution is -0.122. The van der Waals surface area contributed by atoms with Crippen LogP contribution in [0.25, 0.3) is 6.08 Å². The molecule has 9 heteroatoms. The molecule has 1 amide bonds. The van der Waals surface area contributed by atoms with Gasteiger partial charge in [0.25, 0.3) is 5.91 Å². The van der Waals surface area contributed by atoms with Gasteiger partial charge in [0.05, 0.1) is 26.2 Å². The van der Waals surface area contributed by atoms with Crippen LogP contribution in [0, 0.1) is 6.92 Å². The van der Waals surface area contributed by atoms with Gasteiger partial charge in [0.1, 0.15) is 6.61 Å². The molecule has 3 aromatic carbocycles. The van der Waals surface area contributed by atoms with Gasteiger partial charge in [-0.25, -0.2) is 9.79 Å². The van der Waals surface area contributed by atoms with Crippen molar-refractivity contribution in [1.82, 2.24) is 4.90 Å². The molecule has 0 atom stereocenters. The molecule has 1 saturated heterocycles. The van der Waals surface area contributed by atoms with Crippen molar-refractivity contribution in [3.63, 3.8) is 0 Å². The number of hydrogen-bond donors (Lipinski definition) is 1. The molecule has 1 N–H and O–H groups in total. The SMILES string of the molecule is CCN1C(=O)C(=Cc2cc(Cl)c(OCc3ccc(C)cc3)c(Cl)c2)SC1=Nc1ccc(C(=O)O)cc1. The van der Waals surface area contributed by atoms with Crippen molar-refractivity contribution in [1.29, 1.82) is 0 Å². The number of carboxylic acids is 1. The van der Waals surface area contributed by atoms with Crippen molar-refractivity contribution >= 4 is 63.8 Å². The summed E-state index contributed by atoms with van der Waals surface area (Å²) in [7, 11) is 0. The van der Waals surface area contributed by atoms with E-state index in [0.717, 1.165) is 11.1 Å². The molecule has 0 radical (unpaired) electrons. The molecular formula is C27H22Cl2N2O4S. The maximum Gasteiger partial charge on any atom is 0.335 e. The highest BCUT2D eigenvalue weighted by atomic mass is 35.5. The van der Waals surface area contributed by atoms with E-state index < -0.39 is 5.97 Å². The molecule has 0 saturated carbocycles. The molecule has 1 heterocycles. The lowest BCUT2D eigenvalue weighted by atomic mass is 10.1. The Morgan fingerprint density at radius 1 is 1.08 bits per heavy atom. The molecule has 4 rings (SSSR count). The number of carboxylic acid groups (broad SMARTS) is 1. The second-order valence-electron chi connectivity index (χ2n) is 7.99. The van der Waals surface area contributed by atoms with Crippen LogP contribution in [0.15, 0.2) is 70.6 Å². The first-order valence-corrected chi connectivity index (χ1v) is 12.6. The summed E-state index contributed by atoms with van der Waals surface area (Å²) in [5.41, 5.74) is 3.54. The van der Waals surface area contributed by atoms with E-state index >= 15 is 0 Å². The Labute approximate surface area is 223 Å². The van der Waals surface area contributed by atoms with E-state index in [1.165, 1.54) is 23.9 Å². The number of halogens is 2. The summed E-state index contributed by atoms with van der Waals surface area (Å²) in [6, 6.07) is 17.5. The fourth-order valence-corrected chi connectivity index (χ4v) is 5.13. The molecule has 36 heavy (non-hydrogen) atoms. The number of aliphatic imine (C=N–C) groups is 1. The van der Waals surface area contributed by atoms with Crippen molar-refractivity contribution in [3.05, 3.63) is 97.9 Å². The molecule has 1 aliphatic heterocycles. The topological polar surface area (TPSA) is 79.2 Å². The minimum absolute atomic E-state index is 0.169. The number of amides is 1. The van der Waals surface area contributed by atoms with E-state index in [1.807, 2.05) is 38.1 Å². The maximum atomic E-state index is 13.0. The average molecular weight is 541 g/mol. The van der Waals surface area contributed by atoms with Gasteiger partial charge in [0, 0.05) is 6.54 Å².